The number of hydrogen-bond donors (Lipinski definition) is 0. The molecule has 0 bridgehead atoms. The van der Waals surface area contributed by atoms with Crippen LogP contribution in [0, 0.1) is 0 Å². The van der Waals surface area contributed by atoms with Crippen LogP contribution in [0.1, 0.15) is 259 Å². The molecule has 1 nitrogen and oxygen atoms in total. The highest BCUT2D eigenvalue weighted by Crippen LogP contribution is 2.15. The lowest BCUT2D eigenvalue weighted by Crippen LogP contribution is -1.97. The minimum Gasteiger partial charge on any atom is -0.381 e. The van der Waals surface area contributed by atoms with Gasteiger partial charge in [0, 0.05) is 13.2 Å². The van der Waals surface area contributed by atoms with E-state index in [1.807, 2.05) is 0 Å². The van der Waals surface area contributed by atoms with Crippen molar-refractivity contribution in [3.8, 4) is 0 Å². The lowest BCUT2D eigenvalue weighted by molar-refractivity contribution is 0.125. The molecule has 46 heavy (non-hydrogen) atoms. The Hall–Kier alpha value is 0.0249. The first-order valence-corrected chi connectivity index (χ1v) is 22.2. The van der Waals surface area contributed by atoms with Gasteiger partial charge < -0.3 is 4.74 Å². The van der Waals surface area contributed by atoms with E-state index in [-0.39, 0.29) is 0 Å². The highest BCUT2D eigenvalue weighted by molar-refractivity contribution is 6.35. The zero-order valence-corrected chi connectivity index (χ0v) is 33.3. The second-order valence-corrected chi connectivity index (χ2v) is 14.8. The molecule has 0 spiro atoms. The molecule has 0 aromatic rings. The standard InChI is InChI=1S/C30H62B.C14H30O/c1-3-5-7-9-11-13-15-17-19-21-23-25-27-29-31-30-28-26-24-22-20-18-16-14-12-10-8-6-4-2;1-3-5-7-9-11-13-15-14-12-10-8-6-4-2/h3-30H2,1-2H3;3-14H2,1-2H3. The van der Waals surface area contributed by atoms with Crippen LogP contribution in [0.4, 0.5) is 0 Å². The Morgan fingerprint density at radius 1 is 0.239 bits per heavy atom. The fourth-order valence-electron chi connectivity index (χ4n) is 6.47. The monoisotopic (exact) mass is 648 g/mol. The van der Waals surface area contributed by atoms with Crippen molar-refractivity contribution in [1.82, 2.24) is 0 Å². The maximum atomic E-state index is 5.59. The minimum atomic E-state index is 0.984. The van der Waals surface area contributed by atoms with E-state index in [1.165, 1.54) is 244 Å². The van der Waals surface area contributed by atoms with Crippen molar-refractivity contribution in [1.29, 1.82) is 0 Å². The van der Waals surface area contributed by atoms with Gasteiger partial charge in [-0.05, 0) is 12.8 Å². The summed E-state index contributed by atoms with van der Waals surface area (Å²) in [4.78, 5) is 0. The van der Waals surface area contributed by atoms with Gasteiger partial charge in [-0.15, -0.1) is 0 Å². The molecule has 0 rings (SSSR count). The Balaban J connectivity index is 0. The quantitative estimate of drug-likeness (QED) is 0.0475. The maximum absolute atomic E-state index is 5.59. The molecule has 0 heterocycles. The third kappa shape index (κ3) is 50.9. The smallest absolute Gasteiger partial charge is 0.109 e. The van der Waals surface area contributed by atoms with Crippen LogP contribution in [0.3, 0.4) is 0 Å². The van der Waals surface area contributed by atoms with Gasteiger partial charge in [0.15, 0.2) is 0 Å². The van der Waals surface area contributed by atoms with Gasteiger partial charge in [0.05, 0.1) is 0 Å². The van der Waals surface area contributed by atoms with Crippen molar-refractivity contribution < 1.29 is 4.74 Å². The SMILES string of the molecule is CCCCCCCCCCCCCCC[B]CCCCCCCCCCCCCCC.CCCCCCCOCCCCCCC. The molecule has 0 aliphatic carbocycles. The van der Waals surface area contributed by atoms with E-state index in [0.717, 1.165) is 13.2 Å². The Labute approximate surface area is 296 Å². The molecule has 0 unspecified atom stereocenters. The first kappa shape index (κ1) is 48.1. The summed E-state index contributed by atoms with van der Waals surface area (Å²) < 4.78 is 5.59. The van der Waals surface area contributed by atoms with E-state index >= 15 is 0 Å². The van der Waals surface area contributed by atoms with Gasteiger partial charge in [0.2, 0.25) is 0 Å². The van der Waals surface area contributed by atoms with E-state index in [9.17, 15) is 0 Å². The number of hydrogen-bond acceptors (Lipinski definition) is 1. The first-order chi connectivity index (χ1) is 22.8. The van der Waals surface area contributed by atoms with Crippen LogP contribution in [0.25, 0.3) is 0 Å². The normalized spacial score (nSPS) is 11.1. The topological polar surface area (TPSA) is 9.23 Å². The Morgan fingerprint density at radius 2 is 0.435 bits per heavy atom. The van der Waals surface area contributed by atoms with Crippen molar-refractivity contribution in [2.45, 2.75) is 271 Å². The molecule has 0 aliphatic heterocycles. The van der Waals surface area contributed by atoms with Gasteiger partial charge in [-0.3, -0.25) is 0 Å². The summed E-state index contributed by atoms with van der Waals surface area (Å²) in [5, 5.41) is 0. The molecule has 0 aromatic carbocycles. The zero-order valence-electron chi connectivity index (χ0n) is 33.3. The lowest BCUT2D eigenvalue weighted by Gasteiger charge is -2.04. The van der Waals surface area contributed by atoms with Crippen LogP contribution < -0.4 is 0 Å². The fourth-order valence-corrected chi connectivity index (χ4v) is 6.47. The lowest BCUT2D eigenvalue weighted by atomic mass is 9.68. The average molecular weight is 648 g/mol. The molecule has 0 N–H and O–H groups in total. The summed E-state index contributed by atoms with van der Waals surface area (Å²) in [6.45, 7) is 11.1. The molecule has 0 saturated heterocycles. The summed E-state index contributed by atoms with van der Waals surface area (Å²) in [5.41, 5.74) is 0. The third-order valence-electron chi connectivity index (χ3n) is 9.81. The molecule has 0 saturated carbocycles. The van der Waals surface area contributed by atoms with Gasteiger partial charge in [-0.2, -0.15) is 0 Å². The molecule has 2 heteroatoms. The van der Waals surface area contributed by atoms with E-state index in [4.69, 9.17) is 4.74 Å². The molecule has 277 valence electrons. The van der Waals surface area contributed by atoms with E-state index in [0.29, 0.717) is 0 Å². The van der Waals surface area contributed by atoms with Crippen LogP contribution in [-0.4, -0.2) is 20.5 Å². The Bertz CT molecular complexity index is 427. The molecular formula is C44H92BO. The van der Waals surface area contributed by atoms with E-state index in [2.05, 4.69) is 35.0 Å². The third-order valence-corrected chi connectivity index (χ3v) is 9.81. The van der Waals surface area contributed by atoms with Crippen LogP contribution in [0.5, 0.6) is 0 Å². The van der Waals surface area contributed by atoms with E-state index < -0.39 is 0 Å². The van der Waals surface area contributed by atoms with Crippen molar-refractivity contribution in [3.05, 3.63) is 0 Å². The minimum absolute atomic E-state index is 0.984. The van der Waals surface area contributed by atoms with Crippen LogP contribution in [0.15, 0.2) is 0 Å². The van der Waals surface area contributed by atoms with Crippen molar-refractivity contribution in [2.24, 2.45) is 0 Å². The summed E-state index contributed by atoms with van der Waals surface area (Å²) in [7, 11) is 2.58. The number of ether oxygens (including phenoxy) is 1. The van der Waals surface area contributed by atoms with Crippen LogP contribution in [0.2, 0.25) is 12.6 Å². The van der Waals surface area contributed by atoms with Gasteiger partial charge in [-0.1, -0.05) is 259 Å². The molecule has 0 amide bonds. The first-order valence-electron chi connectivity index (χ1n) is 22.2. The zero-order chi connectivity index (χ0) is 33.7. The molecule has 0 aromatic heterocycles. The molecule has 0 fully saturated rings. The Kier molecular flexibility index (Phi) is 51.7. The maximum Gasteiger partial charge on any atom is 0.109 e. The van der Waals surface area contributed by atoms with Gasteiger partial charge in [0.1, 0.15) is 7.28 Å². The molecule has 0 aliphatic rings. The molecule has 0 atom stereocenters. The van der Waals surface area contributed by atoms with Crippen LogP contribution in [-0.2, 0) is 4.74 Å². The van der Waals surface area contributed by atoms with Gasteiger partial charge in [-0.25, -0.2) is 0 Å². The largest absolute Gasteiger partial charge is 0.381 e. The van der Waals surface area contributed by atoms with E-state index in [1.54, 1.807) is 0 Å². The summed E-state index contributed by atoms with van der Waals surface area (Å²) >= 11 is 0. The number of rotatable bonds is 40. The Morgan fingerprint density at radius 3 is 0.674 bits per heavy atom. The van der Waals surface area contributed by atoms with Crippen molar-refractivity contribution >= 4 is 7.28 Å². The fraction of sp³-hybridized carbons (Fsp3) is 1.00. The molecular weight excluding hydrogens is 555 g/mol. The predicted octanol–water partition coefficient (Wildman–Crippen LogP) is 16.7. The summed E-state index contributed by atoms with van der Waals surface area (Å²) in [6.07, 6.45) is 54.2. The summed E-state index contributed by atoms with van der Waals surface area (Å²) in [6, 6.07) is 0. The van der Waals surface area contributed by atoms with Gasteiger partial charge in [0.25, 0.3) is 0 Å². The van der Waals surface area contributed by atoms with Crippen molar-refractivity contribution in [3.63, 3.8) is 0 Å². The second-order valence-electron chi connectivity index (χ2n) is 14.8. The highest BCUT2D eigenvalue weighted by Gasteiger charge is 1.97. The van der Waals surface area contributed by atoms with Crippen LogP contribution >= 0.6 is 0 Å². The average Bonchev–Trinajstić information content (AvgIpc) is 3.07. The highest BCUT2D eigenvalue weighted by atomic mass is 16.5. The summed E-state index contributed by atoms with van der Waals surface area (Å²) in [5.74, 6) is 0. The van der Waals surface area contributed by atoms with Crippen molar-refractivity contribution in [2.75, 3.05) is 13.2 Å². The molecule has 1 radical (unpaired) electrons. The predicted molar refractivity (Wildman–Crippen MR) is 215 cm³/mol. The second kappa shape index (κ2) is 49.4. The number of unbranched alkanes of at least 4 members (excludes halogenated alkanes) is 32. The van der Waals surface area contributed by atoms with Gasteiger partial charge >= 0.3 is 0 Å².